The predicted molar refractivity (Wildman–Crippen MR) is 109 cm³/mol. The van der Waals surface area contributed by atoms with Crippen LogP contribution in [0.5, 0.6) is 0 Å². The number of aromatic nitrogens is 4. The van der Waals surface area contributed by atoms with E-state index in [1.807, 2.05) is 47.1 Å². The number of carbonyl (C=O) groups excluding carboxylic acids is 1. The van der Waals surface area contributed by atoms with E-state index in [2.05, 4.69) is 25.5 Å². The second kappa shape index (κ2) is 9.02. The number of anilines is 1. The Bertz CT molecular complexity index is 900. The van der Waals surface area contributed by atoms with Crippen LogP contribution in [-0.4, -0.2) is 51.0 Å². The predicted octanol–water partition coefficient (Wildman–Crippen LogP) is 2.77. The lowest BCUT2D eigenvalue weighted by Gasteiger charge is -2.32. The molecule has 1 fully saturated rings. The summed E-state index contributed by atoms with van der Waals surface area (Å²) in [5.74, 6) is 0.511. The van der Waals surface area contributed by atoms with E-state index in [9.17, 15) is 4.79 Å². The van der Waals surface area contributed by atoms with Gasteiger partial charge in [-0.2, -0.15) is 10.2 Å². The molecular formula is C21H26N6O2. The van der Waals surface area contributed by atoms with Crippen LogP contribution >= 0.6 is 0 Å². The standard InChI is InChI=1S/C21H26N6O2/c1-29-20(16-5-3-2-4-6-16)21(28)24-19-8-12-23-27(19)18-9-13-26(14-10-18)15-17-7-11-22-25-17/h2-8,11-12,18,20H,9-10,13-15H2,1H3,(H,22,25)(H,24,28)/t20-/m0/s1. The highest BCUT2D eigenvalue weighted by atomic mass is 16.5. The molecule has 1 aliphatic rings. The fourth-order valence-corrected chi connectivity index (χ4v) is 3.85. The van der Waals surface area contributed by atoms with Crippen LogP contribution in [0, 0.1) is 0 Å². The summed E-state index contributed by atoms with van der Waals surface area (Å²) in [6, 6.07) is 13.6. The Morgan fingerprint density at radius 2 is 2.00 bits per heavy atom. The van der Waals surface area contributed by atoms with E-state index >= 15 is 0 Å². The lowest BCUT2D eigenvalue weighted by molar-refractivity contribution is -0.126. The maximum absolute atomic E-state index is 12.8. The zero-order chi connectivity index (χ0) is 20.1. The Morgan fingerprint density at radius 1 is 1.21 bits per heavy atom. The summed E-state index contributed by atoms with van der Waals surface area (Å²) < 4.78 is 7.37. The molecule has 0 saturated carbocycles. The molecule has 0 spiro atoms. The van der Waals surface area contributed by atoms with E-state index in [1.54, 1.807) is 19.5 Å². The number of amides is 1. The fraction of sp³-hybridized carbons (Fsp3) is 0.381. The highest BCUT2D eigenvalue weighted by Gasteiger charge is 2.25. The third kappa shape index (κ3) is 4.55. The summed E-state index contributed by atoms with van der Waals surface area (Å²) in [6.07, 6.45) is 4.81. The maximum atomic E-state index is 12.8. The van der Waals surface area contributed by atoms with Crippen LogP contribution in [0.2, 0.25) is 0 Å². The minimum Gasteiger partial charge on any atom is -0.367 e. The Labute approximate surface area is 169 Å². The van der Waals surface area contributed by atoms with E-state index < -0.39 is 6.10 Å². The van der Waals surface area contributed by atoms with Gasteiger partial charge >= 0.3 is 0 Å². The smallest absolute Gasteiger partial charge is 0.259 e. The molecule has 1 atom stereocenters. The molecule has 1 aliphatic heterocycles. The van der Waals surface area contributed by atoms with Gasteiger partial charge in [0.15, 0.2) is 6.10 Å². The minimum absolute atomic E-state index is 0.197. The largest absolute Gasteiger partial charge is 0.367 e. The summed E-state index contributed by atoms with van der Waals surface area (Å²) in [5, 5.41) is 14.5. The Hall–Kier alpha value is -2.97. The number of nitrogens with one attached hydrogen (secondary N) is 2. The van der Waals surface area contributed by atoms with Gasteiger partial charge in [0.2, 0.25) is 0 Å². The topological polar surface area (TPSA) is 88.1 Å². The lowest BCUT2D eigenvalue weighted by atomic mass is 10.0. The number of benzene rings is 1. The van der Waals surface area contributed by atoms with Crippen molar-refractivity contribution in [1.82, 2.24) is 24.9 Å². The fourth-order valence-electron chi connectivity index (χ4n) is 3.85. The average molecular weight is 394 g/mol. The first kappa shape index (κ1) is 19.4. The third-order valence-corrected chi connectivity index (χ3v) is 5.35. The maximum Gasteiger partial charge on any atom is 0.259 e. The van der Waals surface area contributed by atoms with Crippen LogP contribution < -0.4 is 5.32 Å². The van der Waals surface area contributed by atoms with Crippen LogP contribution in [-0.2, 0) is 16.1 Å². The van der Waals surface area contributed by atoms with Crippen molar-refractivity contribution in [1.29, 1.82) is 0 Å². The molecule has 3 heterocycles. The van der Waals surface area contributed by atoms with Crippen LogP contribution in [0.1, 0.15) is 36.2 Å². The molecule has 8 nitrogen and oxygen atoms in total. The van der Waals surface area contributed by atoms with Crippen LogP contribution in [0.15, 0.2) is 54.9 Å². The molecule has 3 aromatic rings. The van der Waals surface area contributed by atoms with Gasteiger partial charge in [0.1, 0.15) is 5.82 Å². The zero-order valence-electron chi connectivity index (χ0n) is 16.5. The number of H-pyrrole nitrogens is 1. The van der Waals surface area contributed by atoms with E-state index in [4.69, 9.17) is 4.74 Å². The molecule has 0 bridgehead atoms. The quantitative estimate of drug-likeness (QED) is 0.643. The molecule has 0 radical (unpaired) electrons. The SMILES string of the molecule is CO[C@H](C(=O)Nc1ccnn1C1CCN(Cc2ccn[nH]2)CC1)c1ccccc1. The van der Waals surface area contributed by atoms with Crippen molar-refractivity contribution in [2.45, 2.75) is 31.5 Å². The van der Waals surface area contributed by atoms with Crippen LogP contribution in [0.25, 0.3) is 0 Å². The molecule has 152 valence electrons. The average Bonchev–Trinajstić information content (AvgIpc) is 3.42. The molecular weight excluding hydrogens is 368 g/mol. The van der Waals surface area contributed by atoms with Crippen molar-refractivity contribution in [3.63, 3.8) is 0 Å². The summed E-state index contributed by atoms with van der Waals surface area (Å²) in [4.78, 5) is 15.2. The second-order valence-corrected chi connectivity index (χ2v) is 7.27. The molecule has 1 amide bonds. The van der Waals surface area contributed by atoms with Gasteiger partial charge in [-0.05, 0) is 24.5 Å². The van der Waals surface area contributed by atoms with E-state index in [1.165, 1.54) is 0 Å². The number of hydrogen-bond acceptors (Lipinski definition) is 5. The number of ether oxygens (including phenoxy) is 1. The van der Waals surface area contributed by atoms with E-state index in [0.717, 1.165) is 43.7 Å². The molecule has 1 aromatic carbocycles. The molecule has 4 rings (SSSR count). The van der Waals surface area contributed by atoms with Gasteiger partial charge in [-0.15, -0.1) is 0 Å². The summed E-state index contributed by atoms with van der Waals surface area (Å²) in [6.45, 7) is 2.82. The molecule has 29 heavy (non-hydrogen) atoms. The Balaban J connectivity index is 1.38. The van der Waals surface area contributed by atoms with Gasteiger partial charge in [-0.1, -0.05) is 30.3 Å². The molecule has 0 aliphatic carbocycles. The van der Waals surface area contributed by atoms with Crippen molar-refractivity contribution in [2.75, 3.05) is 25.5 Å². The number of hydrogen-bond donors (Lipinski definition) is 2. The first-order valence-corrected chi connectivity index (χ1v) is 9.87. The minimum atomic E-state index is -0.657. The van der Waals surface area contributed by atoms with Crippen molar-refractivity contribution in [3.05, 3.63) is 66.1 Å². The number of carbonyl (C=O) groups is 1. The number of likely N-dealkylation sites (tertiary alicyclic amines) is 1. The molecule has 2 aromatic heterocycles. The third-order valence-electron chi connectivity index (χ3n) is 5.35. The van der Waals surface area contributed by atoms with Gasteiger partial charge in [0, 0.05) is 44.7 Å². The van der Waals surface area contributed by atoms with E-state index in [0.29, 0.717) is 5.82 Å². The summed E-state index contributed by atoms with van der Waals surface area (Å²) in [5.41, 5.74) is 1.95. The number of piperidine rings is 1. The van der Waals surface area contributed by atoms with Crippen molar-refractivity contribution in [2.24, 2.45) is 0 Å². The van der Waals surface area contributed by atoms with Gasteiger partial charge in [0.25, 0.3) is 5.91 Å². The van der Waals surface area contributed by atoms with Crippen molar-refractivity contribution in [3.8, 4) is 0 Å². The van der Waals surface area contributed by atoms with E-state index in [-0.39, 0.29) is 11.9 Å². The first-order valence-electron chi connectivity index (χ1n) is 9.87. The van der Waals surface area contributed by atoms with Gasteiger partial charge in [-0.3, -0.25) is 14.8 Å². The number of methoxy groups -OCH3 is 1. The highest BCUT2D eigenvalue weighted by Crippen LogP contribution is 2.27. The Morgan fingerprint density at radius 3 is 2.69 bits per heavy atom. The lowest BCUT2D eigenvalue weighted by Crippen LogP contribution is -2.35. The van der Waals surface area contributed by atoms with Crippen LogP contribution in [0.4, 0.5) is 5.82 Å². The number of rotatable bonds is 7. The Kier molecular flexibility index (Phi) is 6.02. The molecule has 0 unspecified atom stereocenters. The monoisotopic (exact) mass is 394 g/mol. The molecule has 2 N–H and O–H groups in total. The van der Waals surface area contributed by atoms with Crippen molar-refractivity contribution >= 4 is 11.7 Å². The molecule has 8 heteroatoms. The second-order valence-electron chi connectivity index (χ2n) is 7.27. The highest BCUT2D eigenvalue weighted by molar-refractivity contribution is 5.94. The number of nitrogens with zero attached hydrogens (tertiary/aromatic N) is 4. The summed E-state index contributed by atoms with van der Waals surface area (Å²) >= 11 is 0. The van der Waals surface area contributed by atoms with Gasteiger partial charge in [0.05, 0.1) is 12.2 Å². The summed E-state index contributed by atoms with van der Waals surface area (Å²) in [7, 11) is 1.55. The van der Waals surface area contributed by atoms with Crippen molar-refractivity contribution < 1.29 is 9.53 Å². The van der Waals surface area contributed by atoms with Gasteiger partial charge in [-0.25, -0.2) is 4.68 Å². The molecule has 1 saturated heterocycles. The normalized spacial score (nSPS) is 16.6. The number of aromatic amines is 1. The van der Waals surface area contributed by atoms with Gasteiger partial charge < -0.3 is 10.1 Å². The first-order chi connectivity index (χ1) is 14.2. The van der Waals surface area contributed by atoms with Crippen LogP contribution in [0.3, 0.4) is 0 Å². The zero-order valence-corrected chi connectivity index (χ0v) is 16.5.